The number of hydrazine groups is 1. The van der Waals surface area contributed by atoms with Crippen LogP contribution in [0.2, 0.25) is 0 Å². The van der Waals surface area contributed by atoms with Crippen molar-refractivity contribution in [3.63, 3.8) is 0 Å². The minimum atomic E-state index is -0.282. The number of aliphatic hydroxyl groups is 2. The highest BCUT2D eigenvalue weighted by Crippen LogP contribution is 2.35. The highest BCUT2D eigenvalue weighted by Gasteiger charge is 2.29. The van der Waals surface area contributed by atoms with E-state index in [-0.39, 0.29) is 18.6 Å². The standard InChI is InChI=1S/C26H27N3O2/c30-19-23-9-12-25(13-10-23)29-16-14-24(27-28-29)11-8-22-7-4-15-26(18-22,20-31)17-21-5-2-1-3-6-21/h1-16,28,30-31H,17-20H2. The fraction of sp³-hybridized carbons (Fsp3) is 0.192. The molecule has 0 saturated carbocycles. The van der Waals surface area contributed by atoms with Gasteiger partial charge in [-0.25, -0.2) is 10.5 Å². The number of nitrogens with one attached hydrogen (secondary N) is 1. The van der Waals surface area contributed by atoms with Gasteiger partial charge in [-0.05, 0) is 53.8 Å². The number of allylic oxidation sites excluding steroid dienone is 6. The largest absolute Gasteiger partial charge is 0.395 e. The molecule has 0 fully saturated rings. The van der Waals surface area contributed by atoms with Crippen molar-refractivity contribution in [2.24, 2.45) is 10.5 Å². The van der Waals surface area contributed by atoms with E-state index in [4.69, 9.17) is 5.11 Å². The third-order valence-corrected chi connectivity index (χ3v) is 5.58. The first-order valence-corrected chi connectivity index (χ1v) is 10.4. The molecule has 2 aromatic carbocycles. The second-order valence-corrected chi connectivity index (χ2v) is 7.94. The van der Waals surface area contributed by atoms with Gasteiger partial charge in [-0.1, -0.05) is 66.8 Å². The number of hydrogen-bond acceptors (Lipinski definition) is 5. The lowest BCUT2D eigenvalue weighted by Gasteiger charge is -2.31. The van der Waals surface area contributed by atoms with E-state index in [0.29, 0.717) is 0 Å². The summed E-state index contributed by atoms with van der Waals surface area (Å²) < 4.78 is 0. The Balaban J connectivity index is 1.38. The Kier molecular flexibility index (Phi) is 6.46. The fourth-order valence-electron chi connectivity index (χ4n) is 3.83. The van der Waals surface area contributed by atoms with Crippen LogP contribution in [0.15, 0.2) is 108 Å². The van der Waals surface area contributed by atoms with Crippen molar-refractivity contribution in [3.05, 3.63) is 114 Å². The molecule has 0 bridgehead atoms. The lowest BCUT2D eigenvalue weighted by atomic mass is 9.74. The summed E-state index contributed by atoms with van der Waals surface area (Å²) >= 11 is 0. The summed E-state index contributed by atoms with van der Waals surface area (Å²) in [6, 6.07) is 17.9. The number of hydrazone groups is 1. The van der Waals surface area contributed by atoms with Crippen LogP contribution in [-0.2, 0) is 13.0 Å². The van der Waals surface area contributed by atoms with Gasteiger partial charge in [0.15, 0.2) is 0 Å². The molecule has 1 aliphatic heterocycles. The van der Waals surface area contributed by atoms with E-state index in [1.807, 2.05) is 71.9 Å². The zero-order valence-electron chi connectivity index (χ0n) is 17.4. The van der Waals surface area contributed by atoms with Crippen molar-refractivity contribution in [1.29, 1.82) is 0 Å². The van der Waals surface area contributed by atoms with Crippen molar-refractivity contribution in [2.75, 3.05) is 11.6 Å². The average Bonchev–Trinajstić information content (AvgIpc) is 2.84. The monoisotopic (exact) mass is 413 g/mol. The van der Waals surface area contributed by atoms with Crippen LogP contribution in [0.5, 0.6) is 0 Å². The van der Waals surface area contributed by atoms with Crippen molar-refractivity contribution in [1.82, 2.24) is 5.53 Å². The Bertz CT molecular complexity index is 1040. The average molecular weight is 414 g/mol. The highest BCUT2D eigenvalue weighted by atomic mass is 16.3. The van der Waals surface area contributed by atoms with Crippen molar-refractivity contribution >= 4 is 11.4 Å². The van der Waals surface area contributed by atoms with E-state index in [9.17, 15) is 5.11 Å². The first-order chi connectivity index (χ1) is 15.2. The lowest BCUT2D eigenvalue weighted by Crippen LogP contribution is -2.32. The lowest BCUT2D eigenvalue weighted by molar-refractivity contribution is 0.167. The normalized spacial score (nSPS) is 20.5. The molecule has 0 spiro atoms. The summed E-state index contributed by atoms with van der Waals surface area (Å²) in [5, 5.41) is 25.5. The Morgan fingerprint density at radius 1 is 1.00 bits per heavy atom. The summed E-state index contributed by atoms with van der Waals surface area (Å²) in [5.41, 5.74) is 7.75. The Morgan fingerprint density at radius 3 is 2.48 bits per heavy atom. The predicted molar refractivity (Wildman–Crippen MR) is 125 cm³/mol. The van der Waals surface area contributed by atoms with Crippen LogP contribution in [0.1, 0.15) is 17.5 Å². The minimum absolute atomic E-state index is 0.0323. The van der Waals surface area contributed by atoms with E-state index in [2.05, 4.69) is 41.0 Å². The maximum absolute atomic E-state index is 10.1. The third-order valence-electron chi connectivity index (χ3n) is 5.58. The second-order valence-electron chi connectivity index (χ2n) is 7.94. The van der Waals surface area contributed by atoms with Gasteiger partial charge in [0.2, 0.25) is 0 Å². The molecule has 31 heavy (non-hydrogen) atoms. The Morgan fingerprint density at radius 2 is 1.81 bits per heavy atom. The summed E-state index contributed by atoms with van der Waals surface area (Å²) in [6.45, 7) is 0.139. The number of hydrogen-bond donors (Lipinski definition) is 3. The van der Waals surface area contributed by atoms with Crippen LogP contribution in [-0.4, -0.2) is 22.5 Å². The number of benzene rings is 2. The van der Waals surface area contributed by atoms with Crippen LogP contribution in [0.25, 0.3) is 0 Å². The van der Waals surface area contributed by atoms with E-state index in [0.717, 1.165) is 35.4 Å². The maximum Gasteiger partial charge on any atom is 0.0865 e. The van der Waals surface area contributed by atoms with Gasteiger partial charge in [0.1, 0.15) is 0 Å². The molecule has 158 valence electrons. The summed E-state index contributed by atoms with van der Waals surface area (Å²) in [4.78, 5) is 0. The van der Waals surface area contributed by atoms with E-state index >= 15 is 0 Å². The molecule has 0 aromatic heterocycles. The topological polar surface area (TPSA) is 68.1 Å². The van der Waals surface area contributed by atoms with E-state index in [1.54, 1.807) is 0 Å². The summed E-state index contributed by atoms with van der Waals surface area (Å²) in [5.74, 6) is 0. The predicted octanol–water partition coefficient (Wildman–Crippen LogP) is 4.04. The van der Waals surface area contributed by atoms with Gasteiger partial charge in [-0.2, -0.15) is 5.10 Å². The molecule has 5 nitrogen and oxygen atoms in total. The molecule has 5 heteroatoms. The molecule has 1 aliphatic carbocycles. The minimum Gasteiger partial charge on any atom is -0.395 e. The van der Waals surface area contributed by atoms with E-state index in [1.165, 1.54) is 5.56 Å². The summed E-state index contributed by atoms with van der Waals surface area (Å²) in [7, 11) is 0. The molecule has 2 aliphatic rings. The first-order valence-electron chi connectivity index (χ1n) is 10.4. The molecule has 0 radical (unpaired) electrons. The van der Waals surface area contributed by atoms with Crippen LogP contribution < -0.4 is 10.5 Å². The van der Waals surface area contributed by atoms with Gasteiger partial charge in [0.25, 0.3) is 0 Å². The molecule has 0 amide bonds. The van der Waals surface area contributed by atoms with Gasteiger partial charge in [-0.3, -0.25) is 0 Å². The Hall–Kier alpha value is -3.41. The number of anilines is 1. The molecule has 1 atom stereocenters. The zero-order valence-corrected chi connectivity index (χ0v) is 17.4. The molecule has 0 saturated heterocycles. The maximum atomic E-state index is 10.1. The second kappa shape index (κ2) is 9.60. The van der Waals surface area contributed by atoms with Gasteiger partial charge < -0.3 is 10.2 Å². The first kappa shape index (κ1) is 20.8. The van der Waals surface area contributed by atoms with Crippen molar-refractivity contribution in [2.45, 2.75) is 19.4 Å². The number of aliphatic hydroxyl groups excluding tert-OH is 2. The quantitative estimate of drug-likeness (QED) is 0.641. The molecule has 1 heterocycles. The van der Waals surface area contributed by atoms with Gasteiger partial charge in [0, 0.05) is 11.6 Å². The van der Waals surface area contributed by atoms with Crippen LogP contribution >= 0.6 is 0 Å². The van der Waals surface area contributed by atoms with Crippen LogP contribution in [0, 0.1) is 5.41 Å². The molecule has 4 rings (SSSR count). The fourth-order valence-corrected chi connectivity index (χ4v) is 3.83. The zero-order chi connectivity index (χ0) is 21.5. The van der Waals surface area contributed by atoms with Crippen LogP contribution in [0.4, 0.5) is 5.69 Å². The van der Waals surface area contributed by atoms with Crippen molar-refractivity contribution < 1.29 is 10.2 Å². The third kappa shape index (κ3) is 5.20. The Labute approximate surface area is 183 Å². The van der Waals surface area contributed by atoms with Crippen molar-refractivity contribution in [3.8, 4) is 0 Å². The van der Waals surface area contributed by atoms with Crippen LogP contribution in [0.3, 0.4) is 0 Å². The van der Waals surface area contributed by atoms with E-state index < -0.39 is 0 Å². The highest BCUT2D eigenvalue weighted by molar-refractivity contribution is 6.04. The molecular formula is C26H27N3O2. The summed E-state index contributed by atoms with van der Waals surface area (Å²) in [6.07, 6.45) is 15.7. The molecule has 2 aromatic rings. The molecule has 1 unspecified atom stereocenters. The van der Waals surface area contributed by atoms with Gasteiger partial charge >= 0.3 is 0 Å². The smallest absolute Gasteiger partial charge is 0.0865 e. The van der Waals surface area contributed by atoms with Gasteiger partial charge in [0.05, 0.1) is 24.6 Å². The molecule has 3 N–H and O–H groups in total. The number of nitrogens with zero attached hydrogens (tertiary/aromatic N) is 2. The molecular weight excluding hydrogens is 386 g/mol. The SMILES string of the molecule is OCc1ccc(N2C=CC(C=CC3=CC=CC(CO)(Cc4ccccc4)C3)=NN2)cc1. The van der Waals surface area contributed by atoms with Gasteiger partial charge in [-0.15, -0.1) is 0 Å². The number of rotatable bonds is 7.